The largest absolute Gasteiger partial charge is 0.493 e. The van der Waals surface area contributed by atoms with Gasteiger partial charge in [0.1, 0.15) is 6.04 Å². The highest BCUT2D eigenvalue weighted by Gasteiger charge is 2.35. The van der Waals surface area contributed by atoms with E-state index in [1.54, 1.807) is 18.6 Å². The number of carbonyl (C=O) groups is 1. The molecule has 0 amide bonds. The molecule has 9 heteroatoms. The standard InChI is InChI=1S/C29H26N2O5S2/c1-4-35-20-14-13-18(16-21(20)34-3)17-23-27(32)31-26(22-12-9-15-37-22)24(28(33)36-5-2)25(30-29(31)38-23)19-10-7-6-8-11-19/h6-17,26H,4-5H2,1-3H3. The van der Waals surface area contributed by atoms with Crippen LogP contribution in [0.4, 0.5) is 0 Å². The summed E-state index contributed by atoms with van der Waals surface area (Å²) in [6.07, 6.45) is 1.81. The number of hydrogen-bond acceptors (Lipinski definition) is 8. The van der Waals surface area contributed by atoms with Crippen molar-refractivity contribution < 1.29 is 19.0 Å². The molecule has 0 spiro atoms. The predicted octanol–water partition coefficient (Wildman–Crippen LogP) is 4.40. The highest BCUT2D eigenvalue weighted by Crippen LogP contribution is 2.37. The fraction of sp³-hybridized carbons (Fsp3) is 0.207. The zero-order valence-electron chi connectivity index (χ0n) is 21.2. The second-order valence-corrected chi connectivity index (χ2v) is 10.3. The van der Waals surface area contributed by atoms with Crippen molar-refractivity contribution in [1.29, 1.82) is 0 Å². The van der Waals surface area contributed by atoms with Crippen molar-refractivity contribution in [2.75, 3.05) is 20.3 Å². The van der Waals surface area contributed by atoms with E-state index in [-0.39, 0.29) is 12.2 Å². The van der Waals surface area contributed by atoms with Gasteiger partial charge in [-0.25, -0.2) is 9.79 Å². The van der Waals surface area contributed by atoms with Gasteiger partial charge in [-0.1, -0.05) is 53.8 Å². The molecule has 1 unspecified atom stereocenters. The second-order valence-electron chi connectivity index (χ2n) is 8.29. The zero-order valence-corrected chi connectivity index (χ0v) is 22.8. The fourth-order valence-corrected chi connectivity index (χ4v) is 6.18. The molecule has 1 aliphatic rings. The summed E-state index contributed by atoms with van der Waals surface area (Å²) >= 11 is 2.77. The minimum atomic E-state index is -0.655. The summed E-state index contributed by atoms with van der Waals surface area (Å²) in [7, 11) is 1.58. The van der Waals surface area contributed by atoms with Crippen molar-refractivity contribution in [3.63, 3.8) is 0 Å². The lowest BCUT2D eigenvalue weighted by molar-refractivity contribution is -0.138. The molecule has 0 aliphatic carbocycles. The first-order valence-electron chi connectivity index (χ1n) is 12.2. The molecule has 194 valence electrons. The SMILES string of the molecule is CCOC(=O)C1=C(c2ccccc2)N=c2sc(=Cc3ccc(OCC)c(OC)c3)c(=O)n2C1c1cccs1. The Labute approximate surface area is 227 Å². The van der Waals surface area contributed by atoms with E-state index in [1.165, 1.54) is 22.7 Å². The van der Waals surface area contributed by atoms with Gasteiger partial charge in [-0.15, -0.1) is 11.3 Å². The fourth-order valence-electron chi connectivity index (χ4n) is 4.36. The Morgan fingerprint density at radius 1 is 1.05 bits per heavy atom. The van der Waals surface area contributed by atoms with Crippen LogP contribution in [-0.2, 0) is 9.53 Å². The summed E-state index contributed by atoms with van der Waals surface area (Å²) in [4.78, 5) is 33.5. The van der Waals surface area contributed by atoms with Crippen LogP contribution >= 0.6 is 22.7 Å². The van der Waals surface area contributed by atoms with Crippen molar-refractivity contribution in [2.45, 2.75) is 19.9 Å². The van der Waals surface area contributed by atoms with Crippen molar-refractivity contribution in [2.24, 2.45) is 4.99 Å². The summed E-state index contributed by atoms with van der Waals surface area (Å²) in [5, 5.41) is 1.93. The lowest BCUT2D eigenvalue weighted by atomic mass is 9.97. The molecule has 0 bridgehead atoms. The molecule has 0 saturated heterocycles. The monoisotopic (exact) mass is 546 g/mol. The first kappa shape index (κ1) is 25.7. The third-order valence-electron chi connectivity index (χ3n) is 5.97. The topological polar surface area (TPSA) is 79.1 Å². The van der Waals surface area contributed by atoms with Crippen LogP contribution in [0.15, 0.2) is 81.4 Å². The number of benzene rings is 2. The van der Waals surface area contributed by atoms with Crippen molar-refractivity contribution in [3.05, 3.63) is 107 Å². The lowest BCUT2D eigenvalue weighted by Crippen LogP contribution is -2.39. The highest BCUT2D eigenvalue weighted by atomic mass is 32.1. The predicted molar refractivity (Wildman–Crippen MR) is 150 cm³/mol. The van der Waals surface area contributed by atoms with Gasteiger partial charge < -0.3 is 14.2 Å². The third kappa shape index (κ3) is 4.82. The molecule has 2 aromatic carbocycles. The number of aromatic nitrogens is 1. The smallest absolute Gasteiger partial charge is 0.338 e. The van der Waals surface area contributed by atoms with E-state index in [0.29, 0.717) is 38.7 Å². The summed E-state index contributed by atoms with van der Waals surface area (Å²) < 4.78 is 18.7. The van der Waals surface area contributed by atoms with E-state index in [0.717, 1.165) is 16.0 Å². The van der Waals surface area contributed by atoms with E-state index in [1.807, 2.05) is 79.0 Å². The molecule has 38 heavy (non-hydrogen) atoms. The summed E-state index contributed by atoms with van der Waals surface area (Å²) in [5.74, 6) is 0.734. The van der Waals surface area contributed by atoms with Crippen LogP contribution in [0.3, 0.4) is 0 Å². The Kier molecular flexibility index (Phi) is 7.57. The van der Waals surface area contributed by atoms with Crippen LogP contribution in [0.2, 0.25) is 0 Å². The van der Waals surface area contributed by atoms with Crippen LogP contribution in [0, 0.1) is 0 Å². The van der Waals surface area contributed by atoms with Crippen LogP contribution in [0.5, 0.6) is 11.5 Å². The van der Waals surface area contributed by atoms with Crippen LogP contribution in [0.25, 0.3) is 11.8 Å². The maximum absolute atomic E-state index is 13.9. The molecule has 1 atom stereocenters. The minimum absolute atomic E-state index is 0.214. The van der Waals surface area contributed by atoms with Gasteiger partial charge in [-0.3, -0.25) is 9.36 Å². The summed E-state index contributed by atoms with van der Waals surface area (Å²) in [6.45, 7) is 4.41. The molecule has 0 saturated carbocycles. The quantitative estimate of drug-likeness (QED) is 0.306. The molecule has 0 radical (unpaired) electrons. The zero-order chi connectivity index (χ0) is 26.6. The van der Waals surface area contributed by atoms with Crippen LogP contribution < -0.4 is 24.4 Å². The van der Waals surface area contributed by atoms with E-state index in [9.17, 15) is 9.59 Å². The van der Waals surface area contributed by atoms with Crippen molar-refractivity contribution >= 4 is 40.4 Å². The number of thiophene rings is 1. The van der Waals surface area contributed by atoms with Gasteiger partial charge in [0.2, 0.25) is 0 Å². The number of ether oxygens (including phenoxy) is 3. The van der Waals surface area contributed by atoms with Gasteiger partial charge in [0.15, 0.2) is 16.3 Å². The van der Waals surface area contributed by atoms with Gasteiger partial charge in [-0.2, -0.15) is 0 Å². The Balaban J connectivity index is 1.75. The Hall–Kier alpha value is -3.95. The number of esters is 1. The number of methoxy groups -OCH3 is 1. The minimum Gasteiger partial charge on any atom is -0.493 e. The van der Waals surface area contributed by atoms with Gasteiger partial charge in [0, 0.05) is 10.4 Å². The number of fused-ring (bicyclic) bond motifs is 1. The maximum Gasteiger partial charge on any atom is 0.338 e. The normalized spacial score (nSPS) is 15.1. The molecule has 1 aliphatic heterocycles. The molecule has 0 fully saturated rings. The molecule has 5 rings (SSSR count). The average molecular weight is 547 g/mol. The number of thiazole rings is 1. The number of nitrogens with zero attached hydrogens (tertiary/aromatic N) is 2. The van der Waals surface area contributed by atoms with Gasteiger partial charge in [-0.05, 0) is 49.1 Å². The number of hydrogen-bond donors (Lipinski definition) is 0. The Morgan fingerprint density at radius 2 is 1.87 bits per heavy atom. The first-order chi connectivity index (χ1) is 18.5. The van der Waals surface area contributed by atoms with Gasteiger partial charge >= 0.3 is 5.97 Å². The number of rotatable bonds is 8. The highest BCUT2D eigenvalue weighted by molar-refractivity contribution is 7.10. The van der Waals surface area contributed by atoms with Crippen molar-refractivity contribution in [3.8, 4) is 11.5 Å². The number of carbonyl (C=O) groups excluding carboxylic acids is 1. The van der Waals surface area contributed by atoms with Crippen molar-refractivity contribution in [1.82, 2.24) is 4.57 Å². The molecule has 3 heterocycles. The molecule has 4 aromatic rings. The summed E-state index contributed by atoms with van der Waals surface area (Å²) in [5.41, 5.74) is 2.20. The van der Waals surface area contributed by atoms with E-state index >= 15 is 0 Å². The molecule has 2 aromatic heterocycles. The lowest BCUT2D eigenvalue weighted by Gasteiger charge is -2.24. The van der Waals surface area contributed by atoms with Gasteiger partial charge in [0.05, 0.1) is 36.1 Å². The second kappa shape index (κ2) is 11.2. The molecular weight excluding hydrogens is 520 g/mol. The average Bonchev–Trinajstić information content (AvgIpc) is 3.58. The van der Waals surface area contributed by atoms with E-state index in [4.69, 9.17) is 19.2 Å². The van der Waals surface area contributed by atoms with E-state index in [2.05, 4.69) is 0 Å². The van der Waals surface area contributed by atoms with E-state index < -0.39 is 12.0 Å². The van der Waals surface area contributed by atoms with Crippen LogP contribution in [0.1, 0.15) is 35.9 Å². The van der Waals surface area contributed by atoms with Crippen LogP contribution in [-0.4, -0.2) is 30.9 Å². The first-order valence-corrected chi connectivity index (χ1v) is 13.9. The molecule has 7 nitrogen and oxygen atoms in total. The Morgan fingerprint density at radius 3 is 2.55 bits per heavy atom. The molecular formula is C29H26N2O5S2. The van der Waals surface area contributed by atoms with Gasteiger partial charge in [0.25, 0.3) is 5.56 Å². The summed E-state index contributed by atoms with van der Waals surface area (Å²) in [6, 6.07) is 18.2. The third-order valence-corrected chi connectivity index (χ3v) is 7.88. The molecule has 0 N–H and O–H groups in total. The maximum atomic E-state index is 13.9. The Bertz CT molecular complexity index is 1670.